The summed E-state index contributed by atoms with van der Waals surface area (Å²) in [6.45, 7) is 6.50. The number of para-hydroxylation sites is 1. The molecule has 0 bridgehead atoms. The molecule has 0 aromatic heterocycles. The Morgan fingerprint density at radius 3 is 2.18 bits per heavy atom. The molecule has 1 rings (SSSR count). The van der Waals surface area contributed by atoms with Crippen LogP contribution < -0.4 is 16.0 Å². The Bertz CT molecular complexity index is 699. The second-order valence-corrected chi connectivity index (χ2v) is 7.29. The first-order valence-electron chi connectivity index (χ1n) is 8.83. The predicted molar refractivity (Wildman–Crippen MR) is 103 cm³/mol. The summed E-state index contributed by atoms with van der Waals surface area (Å²) in [7, 11) is 0. The average Bonchev–Trinajstić information content (AvgIpc) is 2.52. The lowest BCUT2D eigenvalue weighted by molar-refractivity contribution is -0.137. The number of hydrogen-bond acceptors (Lipinski definition) is 5. The van der Waals surface area contributed by atoms with Crippen molar-refractivity contribution in [3.05, 3.63) is 30.3 Å². The number of alkyl carbamates (subject to hydrolysis) is 1. The number of anilines is 1. The highest BCUT2D eigenvalue weighted by Gasteiger charge is 2.24. The van der Waals surface area contributed by atoms with Crippen molar-refractivity contribution in [1.29, 1.82) is 0 Å². The minimum absolute atomic E-state index is 0.311. The van der Waals surface area contributed by atoms with E-state index in [0.717, 1.165) is 0 Å². The van der Waals surface area contributed by atoms with Crippen LogP contribution in [0.25, 0.3) is 0 Å². The third kappa shape index (κ3) is 9.56. The molecule has 0 aliphatic carbocycles. The molecule has 0 unspecified atom stereocenters. The first-order valence-corrected chi connectivity index (χ1v) is 8.83. The summed E-state index contributed by atoms with van der Waals surface area (Å²) in [5.74, 6) is -2.17. The minimum Gasteiger partial charge on any atom is -0.481 e. The normalized spacial score (nSPS) is 13.0. The van der Waals surface area contributed by atoms with Crippen molar-refractivity contribution in [3.63, 3.8) is 0 Å². The Morgan fingerprint density at radius 2 is 1.64 bits per heavy atom. The van der Waals surface area contributed by atoms with E-state index in [1.54, 1.807) is 51.1 Å². The smallest absolute Gasteiger partial charge is 0.407 e. The van der Waals surface area contributed by atoms with Crippen molar-refractivity contribution >= 4 is 29.6 Å². The molecule has 28 heavy (non-hydrogen) atoms. The maximum Gasteiger partial charge on any atom is 0.407 e. The quantitative estimate of drug-likeness (QED) is 0.533. The molecule has 1 aromatic rings. The van der Waals surface area contributed by atoms with Crippen molar-refractivity contribution in [2.75, 3.05) is 5.32 Å². The maximum absolute atomic E-state index is 12.2. The van der Waals surface area contributed by atoms with Gasteiger partial charge in [-0.2, -0.15) is 0 Å². The lowest BCUT2D eigenvalue weighted by Crippen LogP contribution is -2.46. The van der Waals surface area contributed by atoms with E-state index in [1.165, 1.54) is 6.92 Å². The molecule has 9 heteroatoms. The number of aliphatic carboxylic acids is 1. The SMILES string of the molecule is C[C@H](NC(=O)C[C@H](CC(=O)O)NC(=O)OC(C)(C)C)C(=O)Nc1ccccc1. The minimum atomic E-state index is -1.18. The van der Waals surface area contributed by atoms with Crippen LogP contribution in [0.1, 0.15) is 40.5 Å². The number of benzene rings is 1. The molecule has 4 N–H and O–H groups in total. The first-order chi connectivity index (χ1) is 13.0. The van der Waals surface area contributed by atoms with Crippen LogP contribution in [0.4, 0.5) is 10.5 Å². The van der Waals surface area contributed by atoms with E-state index >= 15 is 0 Å². The topological polar surface area (TPSA) is 134 Å². The van der Waals surface area contributed by atoms with Crippen molar-refractivity contribution in [2.45, 2.75) is 58.2 Å². The predicted octanol–water partition coefficient (Wildman–Crippen LogP) is 1.89. The van der Waals surface area contributed by atoms with E-state index in [0.29, 0.717) is 5.69 Å². The molecule has 0 fully saturated rings. The zero-order valence-electron chi connectivity index (χ0n) is 16.4. The second kappa shape index (κ2) is 10.3. The second-order valence-electron chi connectivity index (χ2n) is 7.29. The number of hydrogen-bond donors (Lipinski definition) is 4. The zero-order chi connectivity index (χ0) is 21.3. The monoisotopic (exact) mass is 393 g/mol. The molecular weight excluding hydrogens is 366 g/mol. The van der Waals surface area contributed by atoms with Gasteiger partial charge in [-0.15, -0.1) is 0 Å². The van der Waals surface area contributed by atoms with Crippen LogP contribution in [0.2, 0.25) is 0 Å². The van der Waals surface area contributed by atoms with Crippen LogP contribution in [0, 0.1) is 0 Å². The first kappa shape index (κ1) is 22.9. The molecule has 0 saturated heterocycles. The van der Waals surface area contributed by atoms with E-state index in [9.17, 15) is 19.2 Å². The van der Waals surface area contributed by atoms with Crippen molar-refractivity contribution in [1.82, 2.24) is 10.6 Å². The van der Waals surface area contributed by atoms with Gasteiger partial charge in [-0.25, -0.2) is 4.79 Å². The van der Waals surface area contributed by atoms with Crippen LogP contribution in [0.3, 0.4) is 0 Å². The average molecular weight is 393 g/mol. The van der Waals surface area contributed by atoms with Crippen LogP contribution in [0.5, 0.6) is 0 Å². The zero-order valence-corrected chi connectivity index (χ0v) is 16.4. The van der Waals surface area contributed by atoms with Crippen molar-refractivity contribution in [2.24, 2.45) is 0 Å². The fourth-order valence-corrected chi connectivity index (χ4v) is 2.22. The van der Waals surface area contributed by atoms with Gasteiger partial charge in [-0.1, -0.05) is 18.2 Å². The highest BCUT2D eigenvalue weighted by Crippen LogP contribution is 2.09. The molecule has 0 radical (unpaired) electrons. The third-order valence-corrected chi connectivity index (χ3v) is 3.39. The van der Waals surface area contributed by atoms with Gasteiger partial charge in [0.25, 0.3) is 0 Å². The molecule has 0 spiro atoms. The standard InChI is InChI=1S/C19H27N3O6/c1-12(17(26)21-13-8-6-5-7-9-13)20-15(23)10-14(11-16(24)25)22-18(27)28-19(2,3)4/h5-9,12,14H,10-11H2,1-4H3,(H,20,23)(H,21,26)(H,22,27)(H,24,25)/t12-,14+/m0/s1. The molecule has 0 aliphatic rings. The summed E-state index contributed by atoms with van der Waals surface area (Å²) >= 11 is 0. The van der Waals surface area contributed by atoms with Crippen LogP contribution in [-0.2, 0) is 19.1 Å². The third-order valence-electron chi connectivity index (χ3n) is 3.39. The van der Waals surface area contributed by atoms with Gasteiger partial charge in [0.05, 0.1) is 12.5 Å². The van der Waals surface area contributed by atoms with Crippen molar-refractivity contribution in [3.8, 4) is 0 Å². The summed E-state index contributed by atoms with van der Waals surface area (Å²) in [5, 5.41) is 16.5. The van der Waals surface area contributed by atoms with E-state index in [1.807, 2.05) is 0 Å². The van der Waals surface area contributed by atoms with E-state index in [2.05, 4.69) is 16.0 Å². The lowest BCUT2D eigenvalue weighted by atomic mass is 10.1. The molecule has 0 heterocycles. The highest BCUT2D eigenvalue weighted by atomic mass is 16.6. The molecule has 154 valence electrons. The number of nitrogens with one attached hydrogen (secondary N) is 3. The Morgan fingerprint density at radius 1 is 1.04 bits per heavy atom. The van der Waals surface area contributed by atoms with E-state index in [4.69, 9.17) is 9.84 Å². The molecule has 1 aromatic carbocycles. The summed E-state index contributed by atoms with van der Waals surface area (Å²) in [5.41, 5.74) is -0.173. The van der Waals surface area contributed by atoms with E-state index in [-0.39, 0.29) is 6.42 Å². The van der Waals surface area contributed by atoms with Gasteiger partial charge in [0.15, 0.2) is 0 Å². The lowest BCUT2D eigenvalue weighted by Gasteiger charge is -2.23. The Kier molecular flexibility index (Phi) is 8.43. The Balaban J connectivity index is 2.60. The molecule has 2 atom stereocenters. The van der Waals surface area contributed by atoms with Gasteiger partial charge in [0, 0.05) is 12.1 Å². The largest absolute Gasteiger partial charge is 0.481 e. The summed E-state index contributed by atoms with van der Waals surface area (Å²) in [4.78, 5) is 47.2. The van der Waals surface area contributed by atoms with Crippen LogP contribution >= 0.6 is 0 Å². The summed E-state index contributed by atoms with van der Waals surface area (Å²) in [6.07, 6.45) is -1.59. The van der Waals surface area contributed by atoms with E-state index < -0.39 is 48.0 Å². The number of amides is 3. The van der Waals surface area contributed by atoms with Gasteiger partial charge in [0.2, 0.25) is 11.8 Å². The molecule has 3 amide bonds. The molecule has 0 saturated carbocycles. The van der Waals surface area contributed by atoms with Crippen LogP contribution in [0.15, 0.2) is 30.3 Å². The number of carboxylic acid groups (broad SMARTS) is 1. The Hall–Kier alpha value is -3.10. The Labute approximate surface area is 163 Å². The van der Waals surface area contributed by atoms with Gasteiger partial charge in [0.1, 0.15) is 11.6 Å². The fourth-order valence-electron chi connectivity index (χ4n) is 2.22. The number of carboxylic acids is 1. The van der Waals surface area contributed by atoms with Gasteiger partial charge in [-0.05, 0) is 39.8 Å². The number of rotatable bonds is 8. The van der Waals surface area contributed by atoms with Crippen LogP contribution in [-0.4, -0.2) is 46.7 Å². The van der Waals surface area contributed by atoms with Gasteiger partial charge >= 0.3 is 12.1 Å². The molecule has 0 aliphatic heterocycles. The number of ether oxygens (including phenoxy) is 1. The van der Waals surface area contributed by atoms with Gasteiger partial charge in [-0.3, -0.25) is 14.4 Å². The van der Waals surface area contributed by atoms with Gasteiger partial charge < -0.3 is 25.8 Å². The maximum atomic E-state index is 12.2. The highest BCUT2D eigenvalue weighted by molar-refractivity contribution is 5.97. The van der Waals surface area contributed by atoms with Crippen molar-refractivity contribution < 1.29 is 29.0 Å². The molecule has 9 nitrogen and oxygen atoms in total. The molecular formula is C19H27N3O6. The number of carbonyl (C=O) groups excluding carboxylic acids is 3. The summed E-state index contributed by atoms with van der Waals surface area (Å²) in [6, 6.07) is 6.92. The fraction of sp³-hybridized carbons (Fsp3) is 0.474. The summed E-state index contributed by atoms with van der Waals surface area (Å²) < 4.78 is 5.08. The number of carbonyl (C=O) groups is 4.